The molecule has 0 N–H and O–H groups in total. The number of aromatic nitrogens is 2. The van der Waals surface area contributed by atoms with Crippen LogP contribution in [0, 0.1) is 10.9 Å². The zero-order valence-electron chi connectivity index (χ0n) is 11.1. The fourth-order valence-electron chi connectivity index (χ4n) is 2.10. The van der Waals surface area contributed by atoms with Crippen molar-refractivity contribution in [1.82, 2.24) is 9.55 Å². The molecule has 0 saturated carbocycles. The van der Waals surface area contributed by atoms with E-state index in [4.69, 9.17) is 12.2 Å². The second kappa shape index (κ2) is 5.69. The molecule has 0 fully saturated rings. The van der Waals surface area contributed by atoms with Crippen LogP contribution in [0.1, 0.15) is 11.1 Å². The topological polar surface area (TPSA) is 17.8 Å². The van der Waals surface area contributed by atoms with E-state index in [1.807, 2.05) is 12.3 Å². The van der Waals surface area contributed by atoms with Crippen LogP contribution in [-0.4, -0.2) is 9.55 Å². The normalized spacial score (nSPS) is 10.7. The highest BCUT2D eigenvalue weighted by atomic mass is 32.1. The predicted molar refractivity (Wildman–Crippen MR) is 86.7 cm³/mol. The van der Waals surface area contributed by atoms with Gasteiger partial charge in [0.25, 0.3) is 0 Å². The van der Waals surface area contributed by atoms with Crippen LogP contribution in [0.5, 0.6) is 0 Å². The third-order valence-corrected chi connectivity index (χ3v) is 4.47. The molecule has 20 heavy (non-hydrogen) atoms. The summed E-state index contributed by atoms with van der Waals surface area (Å²) in [5.74, 6) is 0. The molecule has 2 aromatic heterocycles. The van der Waals surface area contributed by atoms with E-state index < -0.39 is 0 Å². The Labute approximate surface area is 127 Å². The van der Waals surface area contributed by atoms with Crippen molar-refractivity contribution in [1.29, 1.82) is 0 Å². The Bertz CT molecular complexity index is 755. The molecule has 2 nitrogen and oxygen atoms in total. The van der Waals surface area contributed by atoms with Gasteiger partial charge >= 0.3 is 0 Å². The van der Waals surface area contributed by atoms with Gasteiger partial charge in [0.1, 0.15) is 0 Å². The van der Waals surface area contributed by atoms with E-state index in [1.54, 1.807) is 17.5 Å². The molecule has 0 radical (unpaired) electrons. The average Bonchev–Trinajstić information content (AvgIpc) is 2.83. The molecule has 0 aliphatic heterocycles. The van der Waals surface area contributed by atoms with Crippen LogP contribution in [0.15, 0.2) is 54.2 Å². The largest absolute Gasteiger partial charge is 0.318 e. The SMILES string of the molecule is Cc1ccc(-c2csc(=S)n2Cc2cccnc2)cc1. The smallest absolute Gasteiger partial charge is 0.161 e. The first kappa shape index (κ1) is 13.2. The quantitative estimate of drug-likeness (QED) is 0.652. The van der Waals surface area contributed by atoms with Crippen molar-refractivity contribution < 1.29 is 0 Å². The summed E-state index contributed by atoms with van der Waals surface area (Å²) in [5.41, 5.74) is 4.80. The van der Waals surface area contributed by atoms with Crippen LogP contribution in [0.4, 0.5) is 0 Å². The Balaban J connectivity index is 2.01. The van der Waals surface area contributed by atoms with Crippen LogP contribution in [0.3, 0.4) is 0 Å². The molecule has 3 aromatic rings. The minimum absolute atomic E-state index is 0.763. The van der Waals surface area contributed by atoms with E-state index in [-0.39, 0.29) is 0 Å². The molecular weight excluding hydrogens is 284 g/mol. The summed E-state index contributed by atoms with van der Waals surface area (Å²) < 4.78 is 3.06. The Morgan fingerprint density at radius 2 is 2.00 bits per heavy atom. The third-order valence-electron chi connectivity index (χ3n) is 3.19. The Kier molecular flexibility index (Phi) is 3.76. The van der Waals surface area contributed by atoms with Crippen molar-refractivity contribution in [2.24, 2.45) is 0 Å². The van der Waals surface area contributed by atoms with Gasteiger partial charge in [0.2, 0.25) is 0 Å². The molecule has 0 aliphatic rings. The van der Waals surface area contributed by atoms with Gasteiger partial charge in [-0.1, -0.05) is 35.9 Å². The molecule has 0 spiro atoms. The van der Waals surface area contributed by atoms with Gasteiger partial charge in [0.05, 0.1) is 12.2 Å². The van der Waals surface area contributed by atoms with Crippen molar-refractivity contribution >= 4 is 23.6 Å². The van der Waals surface area contributed by atoms with Gasteiger partial charge in [-0.2, -0.15) is 0 Å². The summed E-state index contributed by atoms with van der Waals surface area (Å²) in [5, 5.41) is 2.13. The molecule has 2 heterocycles. The van der Waals surface area contributed by atoms with Crippen molar-refractivity contribution in [3.05, 3.63) is 69.3 Å². The van der Waals surface area contributed by atoms with Gasteiger partial charge in [-0.25, -0.2) is 0 Å². The maximum absolute atomic E-state index is 5.46. The van der Waals surface area contributed by atoms with E-state index >= 15 is 0 Å². The first-order valence-electron chi connectivity index (χ1n) is 6.38. The fourth-order valence-corrected chi connectivity index (χ4v) is 3.18. The first-order valence-corrected chi connectivity index (χ1v) is 7.67. The lowest BCUT2D eigenvalue weighted by Gasteiger charge is -2.09. The summed E-state index contributed by atoms with van der Waals surface area (Å²) >= 11 is 7.07. The molecule has 0 amide bonds. The molecule has 1 aromatic carbocycles. The van der Waals surface area contributed by atoms with Gasteiger partial charge in [0, 0.05) is 17.8 Å². The highest BCUT2D eigenvalue weighted by Gasteiger charge is 2.07. The zero-order valence-corrected chi connectivity index (χ0v) is 12.7. The number of hydrogen-bond donors (Lipinski definition) is 0. The van der Waals surface area contributed by atoms with Crippen LogP contribution in [0.25, 0.3) is 11.3 Å². The maximum atomic E-state index is 5.46. The molecule has 4 heteroatoms. The second-order valence-corrected chi connectivity index (χ2v) is 6.20. The van der Waals surface area contributed by atoms with E-state index in [9.17, 15) is 0 Å². The number of benzene rings is 1. The maximum Gasteiger partial charge on any atom is 0.161 e. The zero-order chi connectivity index (χ0) is 13.9. The summed E-state index contributed by atoms with van der Waals surface area (Å²) in [6, 6.07) is 12.6. The van der Waals surface area contributed by atoms with Crippen LogP contribution in [-0.2, 0) is 6.54 Å². The molecule has 0 saturated heterocycles. The number of rotatable bonds is 3. The number of pyridine rings is 1. The molecule has 0 atom stereocenters. The highest BCUT2D eigenvalue weighted by molar-refractivity contribution is 7.73. The van der Waals surface area contributed by atoms with E-state index in [2.05, 4.69) is 52.2 Å². The fraction of sp³-hybridized carbons (Fsp3) is 0.125. The van der Waals surface area contributed by atoms with E-state index in [1.165, 1.54) is 16.8 Å². The lowest BCUT2D eigenvalue weighted by atomic mass is 10.1. The summed E-state index contributed by atoms with van der Waals surface area (Å²) in [6.45, 7) is 2.86. The molecule has 0 bridgehead atoms. The first-order chi connectivity index (χ1) is 9.74. The lowest BCUT2D eigenvalue weighted by Crippen LogP contribution is -2.01. The van der Waals surface area contributed by atoms with E-state index in [0.717, 1.165) is 16.1 Å². The Morgan fingerprint density at radius 1 is 1.20 bits per heavy atom. The highest BCUT2D eigenvalue weighted by Crippen LogP contribution is 2.25. The molecule has 3 rings (SSSR count). The molecule has 0 aliphatic carbocycles. The minimum Gasteiger partial charge on any atom is -0.318 e. The standard InChI is InChI=1S/C16H14N2S2/c1-12-4-6-14(7-5-12)15-11-20-16(19)18(15)10-13-3-2-8-17-9-13/h2-9,11H,10H2,1H3. The van der Waals surface area contributed by atoms with Crippen LogP contribution < -0.4 is 0 Å². The van der Waals surface area contributed by atoms with Crippen LogP contribution >= 0.6 is 23.6 Å². The number of thiazole rings is 1. The molecular formula is C16H14N2S2. The summed E-state index contributed by atoms with van der Waals surface area (Å²) in [7, 11) is 0. The predicted octanol–water partition coefficient (Wildman–Crippen LogP) is 4.70. The average molecular weight is 298 g/mol. The number of aryl methyl sites for hydroxylation is 1. The van der Waals surface area contributed by atoms with Crippen molar-refractivity contribution in [2.45, 2.75) is 13.5 Å². The number of hydrogen-bond acceptors (Lipinski definition) is 3. The Hall–Kier alpha value is -1.78. The van der Waals surface area contributed by atoms with Gasteiger partial charge in [-0.15, -0.1) is 11.3 Å². The van der Waals surface area contributed by atoms with Crippen molar-refractivity contribution in [3.8, 4) is 11.3 Å². The monoisotopic (exact) mass is 298 g/mol. The number of nitrogens with zero attached hydrogens (tertiary/aromatic N) is 2. The summed E-state index contributed by atoms with van der Waals surface area (Å²) in [6.07, 6.45) is 3.68. The van der Waals surface area contributed by atoms with Crippen molar-refractivity contribution in [3.63, 3.8) is 0 Å². The van der Waals surface area contributed by atoms with Gasteiger partial charge in [-0.3, -0.25) is 4.98 Å². The van der Waals surface area contributed by atoms with Crippen LogP contribution in [0.2, 0.25) is 0 Å². The lowest BCUT2D eigenvalue weighted by molar-refractivity contribution is 0.804. The van der Waals surface area contributed by atoms with Crippen molar-refractivity contribution in [2.75, 3.05) is 0 Å². The molecule has 100 valence electrons. The minimum atomic E-state index is 0.763. The van der Waals surface area contributed by atoms with E-state index in [0.29, 0.717) is 0 Å². The van der Waals surface area contributed by atoms with Gasteiger partial charge in [-0.05, 0) is 36.3 Å². The summed E-state index contributed by atoms with van der Waals surface area (Å²) in [4.78, 5) is 4.16. The van der Waals surface area contributed by atoms with Gasteiger partial charge in [0.15, 0.2) is 3.95 Å². The third kappa shape index (κ3) is 2.71. The van der Waals surface area contributed by atoms with Gasteiger partial charge < -0.3 is 4.57 Å². The second-order valence-electron chi connectivity index (χ2n) is 4.70. The molecule has 0 unspecified atom stereocenters. The Morgan fingerprint density at radius 3 is 2.70 bits per heavy atom.